The molecule has 1 nitrogen and oxygen atoms in total. The molecule has 0 bridgehead atoms. The van der Waals surface area contributed by atoms with Crippen LogP contribution in [0.2, 0.25) is 0 Å². The topological polar surface area (TPSA) is 17.1 Å². The van der Waals surface area contributed by atoms with E-state index in [4.69, 9.17) is 0 Å². The van der Waals surface area contributed by atoms with Crippen LogP contribution in [0.5, 0.6) is 0 Å². The van der Waals surface area contributed by atoms with Gasteiger partial charge in [0.2, 0.25) is 0 Å². The SMILES string of the molecule is CC(=O)SCC#Cc1ccc(F)c(F)c1F. The lowest BCUT2D eigenvalue weighted by Gasteiger charge is -1.96. The van der Waals surface area contributed by atoms with Crippen LogP contribution in [0.15, 0.2) is 12.1 Å². The number of hydrogen-bond donors (Lipinski definition) is 0. The van der Waals surface area contributed by atoms with E-state index < -0.39 is 17.5 Å². The van der Waals surface area contributed by atoms with Gasteiger partial charge in [-0.1, -0.05) is 23.6 Å². The fraction of sp³-hybridized carbons (Fsp3) is 0.182. The average Bonchev–Trinajstić information content (AvgIpc) is 2.23. The molecule has 0 N–H and O–H groups in total. The van der Waals surface area contributed by atoms with E-state index >= 15 is 0 Å². The molecule has 1 aromatic rings. The predicted molar refractivity (Wildman–Crippen MR) is 56.3 cm³/mol. The van der Waals surface area contributed by atoms with Gasteiger partial charge in [0.1, 0.15) is 0 Å². The van der Waals surface area contributed by atoms with Gasteiger partial charge in [0.25, 0.3) is 0 Å². The van der Waals surface area contributed by atoms with Crippen molar-refractivity contribution in [2.75, 3.05) is 5.75 Å². The smallest absolute Gasteiger partial charge is 0.195 e. The summed E-state index contributed by atoms with van der Waals surface area (Å²) in [6, 6.07) is 1.86. The second kappa shape index (κ2) is 5.61. The molecule has 0 aliphatic rings. The molecule has 84 valence electrons. The van der Waals surface area contributed by atoms with E-state index in [9.17, 15) is 18.0 Å². The van der Waals surface area contributed by atoms with Crippen molar-refractivity contribution in [3.63, 3.8) is 0 Å². The van der Waals surface area contributed by atoms with Crippen LogP contribution in [0, 0.1) is 29.3 Å². The summed E-state index contributed by atoms with van der Waals surface area (Å²) in [5.74, 6) is 0.913. The minimum atomic E-state index is -1.54. The molecule has 0 heterocycles. The third-order valence-electron chi connectivity index (χ3n) is 1.61. The highest BCUT2D eigenvalue weighted by Gasteiger charge is 2.11. The number of carbonyl (C=O) groups is 1. The maximum Gasteiger partial charge on any atom is 0.195 e. The highest BCUT2D eigenvalue weighted by Crippen LogP contribution is 2.14. The van der Waals surface area contributed by atoms with Crippen LogP contribution in [-0.2, 0) is 4.79 Å². The Hall–Kier alpha value is -1.41. The van der Waals surface area contributed by atoms with Crippen LogP contribution in [0.1, 0.15) is 12.5 Å². The van der Waals surface area contributed by atoms with E-state index in [0.717, 1.165) is 23.9 Å². The zero-order chi connectivity index (χ0) is 12.1. The Morgan fingerprint density at radius 2 is 2.00 bits per heavy atom. The average molecular weight is 244 g/mol. The first-order valence-corrected chi connectivity index (χ1v) is 5.26. The summed E-state index contributed by atoms with van der Waals surface area (Å²) in [5.41, 5.74) is -0.219. The molecule has 0 saturated heterocycles. The van der Waals surface area contributed by atoms with Crippen molar-refractivity contribution in [2.24, 2.45) is 0 Å². The minimum absolute atomic E-state index is 0.111. The molecule has 1 rings (SSSR count). The van der Waals surface area contributed by atoms with Crippen LogP contribution < -0.4 is 0 Å². The second-order valence-corrected chi connectivity index (χ2v) is 3.96. The van der Waals surface area contributed by atoms with Crippen molar-refractivity contribution in [3.05, 3.63) is 35.1 Å². The fourth-order valence-corrected chi connectivity index (χ4v) is 1.24. The summed E-state index contributed by atoms with van der Waals surface area (Å²) in [6.07, 6.45) is 0. The zero-order valence-electron chi connectivity index (χ0n) is 8.31. The number of halogens is 3. The summed E-state index contributed by atoms with van der Waals surface area (Å²) >= 11 is 0.961. The molecule has 0 saturated carbocycles. The summed E-state index contributed by atoms with van der Waals surface area (Å²) in [5, 5.41) is -0.111. The summed E-state index contributed by atoms with van der Waals surface area (Å²) in [6.45, 7) is 1.38. The monoisotopic (exact) mass is 244 g/mol. The lowest BCUT2D eigenvalue weighted by atomic mass is 10.2. The van der Waals surface area contributed by atoms with Gasteiger partial charge in [-0.25, -0.2) is 13.2 Å². The van der Waals surface area contributed by atoms with Gasteiger partial charge in [0.05, 0.1) is 11.3 Å². The second-order valence-electron chi connectivity index (χ2n) is 2.80. The summed E-state index contributed by atoms with van der Waals surface area (Å²) < 4.78 is 38.4. The van der Waals surface area contributed by atoms with Crippen molar-refractivity contribution in [3.8, 4) is 11.8 Å². The van der Waals surface area contributed by atoms with Gasteiger partial charge >= 0.3 is 0 Å². The lowest BCUT2D eigenvalue weighted by molar-refractivity contribution is -0.109. The Labute approximate surface area is 95.0 Å². The predicted octanol–water partition coefficient (Wildman–Crippen LogP) is 2.74. The zero-order valence-corrected chi connectivity index (χ0v) is 9.13. The number of hydrogen-bond acceptors (Lipinski definition) is 2. The molecular formula is C11H7F3OS. The molecule has 0 aliphatic carbocycles. The van der Waals surface area contributed by atoms with Gasteiger partial charge in [-0.2, -0.15) is 0 Å². The number of carbonyl (C=O) groups excluding carboxylic acids is 1. The highest BCUT2D eigenvalue weighted by atomic mass is 32.2. The largest absolute Gasteiger partial charge is 0.288 e. The molecule has 0 fully saturated rings. The molecular weight excluding hydrogens is 237 g/mol. The van der Waals surface area contributed by atoms with Crippen molar-refractivity contribution < 1.29 is 18.0 Å². The molecule has 0 spiro atoms. The maximum absolute atomic E-state index is 13.1. The van der Waals surface area contributed by atoms with E-state index in [1.54, 1.807) is 0 Å². The standard InChI is InChI=1S/C11H7F3OS/c1-7(15)16-6-2-3-8-4-5-9(12)11(14)10(8)13/h4-5H,6H2,1H3. The highest BCUT2D eigenvalue weighted by molar-refractivity contribution is 8.13. The van der Waals surface area contributed by atoms with Crippen molar-refractivity contribution >= 4 is 16.9 Å². The van der Waals surface area contributed by atoms with Crippen molar-refractivity contribution in [2.45, 2.75) is 6.92 Å². The van der Waals surface area contributed by atoms with Gasteiger partial charge in [0.15, 0.2) is 22.6 Å². The van der Waals surface area contributed by atoms with Crippen LogP contribution in [-0.4, -0.2) is 10.9 Å². The molecule has 0 amide bonds. The number of rotatable bonds is 1. The Bertz CT molecular complexity index is 474. The van der Waals surface area contributed by atoms with Crippen LogP contribution in [0.3, 0.4) is 0 Å². The van der Waals surface area contributed by atoms with Gasteiger partial charge in [-0.3, -0.25) is 4.79 Å². The van der Waals surface area contributed by atoms with Crippen LogP contribution in [0.25, 0.3) is 0 Å². The van der Waals surface area contributed by atoms with E-state index in [1.807, 2.05) is 0 Å². The fourth-order valence-electron chi connectivity index (χ4n) is 0.891. The van der Waals surface area contributed by atoms with E-state index in [2.05, 4.69) is 11.8 Å². The van der Waals surface area contributed by atoms with E-state index in [-0.39, 0.29) is 16.4 Å². The third-order valence-corrected chi connectivity index (χ3v) is 2.30. The molecule has 5 heteroatoms. The first kappa shape index (κ1) is 12.7. The molecule has 1 aromatic carbocycles. The quantitative estimate of drug-likeness (QED) is 0.558. The van der Waals surface area contributed by atoms with Gasteiger partial charge < -0.3 is 0 Å². The molecule has 0 atom stereocenters. The Kier molecular flexibility index (Phi) is 4.44. The maximum atomic E-state index is 13.1. The van der Waals surface area contributed by atoms with E-state index in [0.29, 0.717) is 0 Å². The number of benzene rings is 1. The van der Waals surface area contributed by atoms with Gasteiger partial charge in [0, 0.05) is 6.92 Å². The van der Waals surface area contributed by atoms with Gasteiger partial charge in [-0.05, 0) is 12.1 Å². The minimum Gasteiger partial charge on any atom is -0.288 e. The van der Waals surface area contributed by atoms with Crippen LogP contribution in [0.4, 0.5) is 13.2 Å². The number of thioether (sulfide) groups is 1. The van der Waals surface area contributed by atoms with Crippen LogP contribution >= 0.6 is 11.8 Å². The third kappa shape index (κ3) is 3.31. The first-order chi connectivity index (χ1) is 7.52. The molecule has 0 aromatic heterocycles. The molecule has 0 radical (unpaired) electrons. The molecule has 0 aliphatic heterocycles. The van der Waals surface area contributed by atoms with Crippen molar-refractivity contribution in [1.29, 1.82) is 0 Å². The summed E-state index contributed by atoms with van der Waals surface area (Å²) in [7, 11) is 0. The normalized spacial score (nSPS) is 9.50. The lowest BCUT2D eigenvalue weighted by Crippen LogP contribution is -1.94. The van der Waals surface area contributed by atoms with Crippen molar-refractivity contribution in [1.82, 2.24) is 0 Å². The van der Waals surface area contributed by atoms with Gasteiger partial charge in [-0.15, -0.1) is 0 Å². The molecule has 16 heavy (non-hydrogen) atoms. The molecule has 0 unspecified atom stereocenters. The Morgan fingerprint density at radius 1 is 1.31 bits per heavy atom. The first-order valence-electron chi connectivity index (χ1n) is 4.28. The van der Waals surface area contributed by atoms with E-state index in [1.165, 1.54) is 6.92 Å². The Balaban J connectivity index is 2.82. The Morgan fingerprint density at radius 3 is 2.62 bits per heavy atom. The summed E-state index contributed by atoms with van der Waals surface area (Å²) in [4.78, 5) is 10.5.